The Morgan fingerprint density at radius 3 is 2.68 bits per heavy atom. The van der Waals surface area contributed by atoms with Gasteiger partial charge in [0, 0.05) is 0 Å². The molecule has 0 atom stereocenters. The zero-order chi connectivity index (χ0) is 14.9. The summed E-state index contributed by atoms with van der Waals surface area (Å²) in [6.07, 6.45) is 3.05. The number of carbonyl (C=O) groups is 1. The van der Waals surface area contributed by atoms with Crippen LogP contribution in [0.15, 0.2) is 60.4 Å². The first kappa shape index (κ1) is 12.8. The first-order valence-electron chi connectivity index (χ1n) is 6.67. The van der Waals surface area contributed by atoms with Crippen LogP contribution in [0.3, 0.4) is 0 Å². The predicted octanol–water partition coefficient (Wildman–Crippen LogP) is 3.11. The van der Waals surface area contributed by atoms with Gasteiger partial charge in [0.2, 0.25) is 5.78 Å². The molecule has 0 bridgehead atoms. The van der Waals surface area contributed by atoms with E-state index in [-0.39, 0.29) is 5.78 Å². The molecule has 0 aliphatic heterocycles. The van der Waals surface area contributed by atoms with Crippen molar-refractivity contribution in [1.29, 1.82) is 0 Å². The number of para-hydroxylation sites is 1. The number of thiophene rings is 1. The summed E-state index contributed by atoms with van der Waals surface area (Å²) < 4.78 is 1.71. The lowest BCUT2D eigenvalue weighted by molar-refractivity contribution is 0.103. The molecular weight excluding hydrogens is 296 g/mol. The third-order valence-corrected chi connectivity index (χ3v) is 4.20. The number of hydrogen-bond donors (Lipinski definition) is 0. The Labute approximate surface area is 129 Å². The highest BCUT2D eigenvalue weighted by molar-refractivity contribution is 7.12. The van der Waals surface area contributed by atoms with E-state index >= 15 is 0 Å². The van der Waals surface area contributed by atoms with Crippen LogP contribution in [-0.4, -0.2) is 25.5 Å². The fourth-order valence-electron chi connectivity index (χ4n) is 2.31. The maximum Gasteiger partial charge on any atom is 0.222 e. The molecule has 0 radical (unpaired) electrons. The number of fused-ring (bicyclic) bond motifs is 1. The number of aromatic nitrogens is 4. The zero-order valence-electron chi connectivity index (χ0n) is 11.4. The topological polar surface area (TPSA) is 60.7 Å². The average molecular weight is 306 g/mol. The van der Waals surface area contributed by atoms with Crippen molar-refractivity contribution in [3.05, 3.63) is 70.9 Å². The van der Waals surface area contributed by atoms with E-state index in [1.165, 1.54) is 17.7 Å². The Morgan fingerprint density at radius 1 is 1.05 bits per heavy atom. The second-order valence-electron chi connectivity index (χ2n) is 4.66. The van der Waals surface area contributed by atoms with Gasteiger partial charge < -0.3 is 0 Å². The summed E-state index contributed by atoms with van der Waals surface area (Å²) in [6, 6.07) is 13.3. The molecule has 3 heterocycles. The molecule has 0 amide bonds. The summed E-state index contributed by atoms with van der Waals surface area (Å²) >= 11 is 1.40. The second-order valence-corrected chi connectivity index (χ2v) is 5.61. The molecule has 0 saturated carbocycles. The SMILES string of the molecule is O=C(c1cccs1)c1ncnc2c1cnn2-c1ccccc1. The molecule has 6 heteroatoms. The number of ketones is 1. The fraction of sp³-hybridized carbons (Fsp3) is 0. The molecule has 4 aromatic rings. The van der Waals surface area contributed by atoms with Crippen LogP contribution in [0.1, 0.15) is 15.4 Å². The highest BCUT2D eigenvalue weighted by Crippen LogP contribution is 2.22. The van der Waals surface area contributed by atoms with Crippen molar-refractivity contribution in [2.75, 3.05) is 0 Å². The van der Waals surface area contributed by atoms with Crippen molar-refractivity contribution < 1.29 is 4.79 Å². The van der Waals surface area contributed by atoms with Gasteiger partial charge in [-0.15, -0.1) is 11.3 Å². The zero-order valence-corrected chi connectivity index (χ0v) is 12.2. The molecule has 1 aromatic carbocycles. The van der Waals surface area contributed by atoms with E-state index in [4.69, 9.17) is 0 Å². The highest BCUT2D eigenvalue weighted by atomic mass is 32.1. The van der Waals surface area contributed by atoms with Gasteiger partial charge in [0.1, 0.15) is 12.0 Å². The molecule has 22 heavy (non-hydrogen) atoms. The molecule has 0 fully saturated rings. The summed E-state index contributed by atoms with van der Waals surface area (Å²) in [5.41, 5.74) is 1.90. The molecule has 106 valence electrons. The summed E-state index contributed by atoms with van der Waals surface area (Å²) in [4.78, 5) is 21.7. The molecular formula is C16H10N4OS. The first-order chi connectivity index (χ1) is 10.8. The van der Waals surface area contributed by atoms with Crippen molar-refractivity contribution in [1.82, 2.24) is 19.7 Å². The number of carbonyl (C=O) groups excluding carboxylic acids is 1. The van der Waals surface area contributed by atoms with Gasteiger partial charge in [-0.2, -0.15) is 5.10 Å². The lowest BCUT2D eigenvalue weighted by atomic mass is 10.2. The van der Waals surface area contributed by atoms with Crippen LogP contribution < -0.4 is 0 Å². The predicted molar refractivity (Wildman–Crippen MR) is 84.4 cm³/mol. The minimum Gasteiger partial charge on any atom is -0.286 e. The molecule has 0 saturated heterocycles. The van der Waals surface area contributed by atoms with E-state index in [2.05, 4.69) is 15.1 Å². The standard InChI is InChI=1S/C16H10N4OS/c21-15(13-7-4-8-22-13)14-12-9-19-20(16(12)18-10-17-14)11-5-2-1-3-6-11/h1-10H. The maximum absolute atomic E-state index is 12.6. The van der Waals surface area contributed by atoms with Crippen LogP contribution in [0.5, 0.6) is 0 Å². The van der Waals surface area contributed by atoms with Gasteiger partial charge >= 0.3 is 0 Å². The van der Waals surface area contributed by atoms with Crippen molar-refractivity contribution >= 4 is 28.2 Å². The summed E-state index contributed by atoms with van der Waals surface area (Å²) in [5.74, 6) is -0.102. The Bertz CT molecular complexity index is 945. The third-order valence-electron chi connectivity index (χ3n) is 3.33. The van der Waals surface area contributed by atoms with Gasteiger partial charge in [-0.05, 0) is 23.6 Å². The molecule has 0 N–H and O–H groups in total. The molecule has 5 nitrogen and oxygen atoms in total. The van der Waals surface area contributed by atoms with Crippen LogP contribution in [0.25, 0.3) is 16.7 Å². The molecule has 3 aromatic heterocycles. The Kier molecular flexibility index (Phi) is 3.01. The lowest BCUT2D eigenvalue weighted by Gasteiger charge is -2.03. The summed E-state index contributed by atoms with van der Waals surface area (Å²) in [6.45, 7) is 0. The Balaban J connectivity index is 1.89. The maximum atomic E-state index is 12.6. The van der Waals surface area contributed by atoms with Gasteiger partial charge in [0.15, 0.2) is 5.65 Å². The number of benzene rings is 1. The number of rotatable bonds is 3. The molecule has 4 rings (SSSR count). The van der Waals surface area contributed by atoms with Gasteiger partial charge in [-0.3, -0.25) is 4.79 Å². The quantitative estimate of drug-likeness (QED) is 0.546. The molecule has 0 unspecified atom stereocenters. The smallest absolute Gasteiger partial charge is 0.222 e. The Hall–Kier alpha value is -2.86. The van der Waals surface area contributed by atoms with Crippen LogP contribution in [-0.2, 0) is 0 Å². The van der Waals surface area contributed by atoms with Crippen LogP contribution in [0.4, 0.5) is 0 Å². The largest absolute Gasteiger partial charge is 0.286 e. The number of hydrogen-bond acceptors (Lipinski definition) is 5. The van der Waals surface area contributed by atoms with E-state index < -0.39 is 0 Å². The van der Waals surface area contributed by atoms with E-state index in [0.29, 0.717) is 21.6 Å². The van der Waals surface area contributed by atoms with Gasteiger partial charge in [0.05, 0.1) is 22.1 Å². The van der Waals surface area contributed by atoms with Crippen LogP contribution in [0, 0.1) is 0 Å². The van der Waals surface area contributed by atoms with E-state index in [0.717, 1.165) is 5.69 Å². The van der Waals surface area contributed by atoms with Gasteiger partial charge in [-0.25, -0.2) is 14.6 Å². The van der Waals surface area contributed by atoms with Crippen LogP contribution in [0.2, 0.25) is 0 Å². The van der Waals surface area contributed by atoms with E-state index in [1.807, 2.05) is 41.8 Å². The monoisotopic (exact) mass is 306 g/mol. The van der Waals surface area contributed by atoms with Gasteiger partial charge in [-0.1, -0.05) is 24.3 Å². The molecule has 0 spiro atoms. The fourth-order valence-corrected chi connectivity index (χ4v) is 2.97. The molecule has 0 aliphatic carbocycles. The van der Waals surface area contributed by atoms with E-state index in [9.17, 15) is 4.79 Å². The lowest BCUT2D eigenvalue weighted by Crippen LogP contribution is -2.04. The highest BCUT2D eigenvalue weighted by Gasteiger charge is 2.18. The number of nitrogens with zero attached hydrogens (tertiary/aromatic N) is 4. The minimum absolute atomic E-state index is 0.102. The Morgan fingerprint density at radius 2 is 1.91 bits per heavy atom. The minimum atomic E-state index is -0.102. The van der Waals surface area contributed by atoms with Crippen molar-refractivity contribution in [2.45, 2.75) is 0 Å². The van der Waals surface area contributed by atoms with Crippen molar-refractivity contribution in [3.8, 4) is 5.69 Å². The van der Waals surface area contributed by atoms with Gasteiger partial charge in [0.25, 0.3) is 0 Å². The van der Waals surface area contributed by atoms with Crippen molar-refractivity contribution in [3.63, 3.8) is 0 Å². The summed E-state index contributed by atoms with van der Waals surface area (Å²) in [5, 5.41) is 6.89. The average Bonchev–Trinajstić information content (AvgIpc) is 3.24. The molecule has 0 aliphatic rings. The normalized spacial score (nSPS) is 10.9. The summed E-state index contributed by atoms with van der Waals surface area (Å²) in [7, 11) is 0. The second kappa shape index (κ2) is 5.16. The van der Waals surface area contributed by atoms with Crippen molar-refractivity contribution in [2.24, 2.45) is 0 Å². The van der Waals surface area contributed by atoms with E-state index in [1.54, 1.807) is 16.9 Å². The van der Waals surface area contributed by atoms with Crippen LogP contribution >= 0.6 is 11.3 Å². The first-order valence-corrected chi connectivity index (χ1v) is 7.55. The third kappa shape index (κ3) is 2.01.